The van der Waals surface area contributed by atoms with Crippen LogP contribution in [-0.2, 0) is 0 Å². The molecule has 0 aliphatic carbocycles. The largest absolute Gasteiger partial charge is 0.397 e. The average Bonchev–Trinajstić information content (AvgIpc) is 1.68. The molecule has 0 aliphatic heterocycles. The van der Waals surface area contributed by atoms with Crippen molar-refractivity contribution in [3.63, 3.8) is 0 Å². The van der Waals surface area contributed by atoms with Crippen LogP contribution in [-0.4, -0.2) is 22.9 Å². The first-order valence-electron chi connectivity index (χ1n) is 3.35. The fourth-order valence-corrected chi connectivity index (χ4v) is 0. The summed E-state index contributed by atoms with van der Waals surface area (Å²) in [4.78, 5) is 0. The van der Waals surface area contributed by atoms with Gasteiger partial charge in [-0.2, -0.15) is 0 Å². The summed E-state index contributed by atoms with van der Waals surface area (Å²) >= 11 is 0. The third-order valence-corrected chi connectivity index (χ3v) is 0.965. The molecule has 0 bridgehead atoms. The lowest BCUT2D eigenvalue weighted by Gasteiger charge is -2.04. The smallest absolute Gasteiger partial charge is 0.0535 e. The molecule has 0 aliphatic rings. The van der Waals surface area contributed by atoms with Crippen molar-refractivity contribution in [3.8, 4) is 0 Å². The van der Waals surface area contributed by atoms with Crippen LogP contribution in [0.15, 0.2) is 0 Å². The van der Waals surface area contributed by atoms with Crippen LogP contribution in [0.2, 0.25) is 0 Å². The summed E-state index contributed by atoms with van der Waals surface area (Å²) in [5.41, 5.74) is 0. The Bertz CT molecular complexity index is 36.2. The Labute approximate surface area is 57.5 Å². The Morgan fingerprint density at radius 3 is 1.33 bits per heavy atom. The molecule has 2 nitrogen and oxygen atoms in total. The van der Waals surface area contributed by atoms with Crippen molar-refractivity contribution in [3.05, 3.63) is 0 Å². The lowest BCUT2D eigenvalue weighted by atomic mass is 10.1. The predicted molar refractivity (Wildman–Crippen MR) is 39.3 cm³/mol. The van der Waals surface area contributed by atoms with Crippen molar-refractivity contribution in [2.45, 2.75) is 33.8 Å². The number of aliphatic hydroxyl groups excluding tert-OH is 2. The van der Waals surface area contributed by atoms with Crippen LogP contribution in [0.1, 0.15) is 27.7 Å². The number of aliphatic hydroxyl groups is 2. The van der Waals surface area contributed by atoms with E-state index in [0.717, 1.165) is 0 Å². The lowest BCUT2D eigenvalue weighted by Crippen LogP contribution is -2.07. The normalized spacial score (nSPS) is 12.3. The minimum absolute atomic E-state index is 0.148. The highest BCUT2D eigenvalue weighted by Gasteiger charge is 1.97. The van der Waals surface area contributed by atoms with Crippen molar-refractivity contribution in [1.82, 2.24) is 0 Å². The average molecular weight is 134 g/mol. The van der Waals surface area contributed by atoms with E-state index in [1.807, 2.05) is 13.8 Å². The van der Waals surface area contributed by atoms with Gasteiger partial charge in [0.1, 0.15) is 0 Å². The van der Waals surface area contributed by atoms with Crippen LogP contribution in [0.4, 0.5) is 0 Å². The zero-order valence-electron chi connectivity index (χ0n) is 6.76. The summed E-state index contributed by atoms with van der Waals surface area (Å²) < 4.78 is 0. The molecule has 9 heavy (non-hydrogen) atoms. The Morgan fingerprint density at radius 1 is 1.22 bits per heavy atom. The molecule has 0 fully saturated rings. The lowest BCUT2D eigenvalue weighted by molar-refractivity contribution is 0.144. The molecule has 1 atom stereocenters. The van der Waals surface area contributed by atoms with Gasteiger partial charge in [-0.1, -0.05) is 13.8 Å². The predicted octanol–water partition coefficient (Wildman–Crippen LogP) is 1.02. The molecule has 0 saturated carbocycles. The van der Waals surface area contributed by atoms with Gasteiger partial charge < -0.3 is 10.2 Å². The van der Waals surface area contributed by atoms with Gasteiger partial charge in [0.2, 0.25) is 0 Å². The molecule has 0 spiro atoms. The second-order valence-corrected chi connectivity index (χ2v) is 2.30. The molecule has 0 rings (SSSR count). The zero-order chi connectivity index (χ0) is 7.86. The standard InChI is InChI=1S/C5H12O.C2H6O/c1-4(2)5(3)6;1-2-3/h4-6H,1-3H3;3H,2H2,1H3. The molecule has 0 radical (unpaired) electrons. The van der Waals surface area contributed by atoms with E-state index >= 15 is 0 Å². The second kappa shape index (κ2) is 7.92. The maximum atomic E-state index is 8.63. The maximum absolute atomic E-state index is 8.63. The Hall–Kier alpha value is -0.0800. The highest BCUT2D eigenvalue weighted by atomic mass is 16.3. The molecular weight excluding hydrogens is 116 g/mol. The van der Waals surface area contributed by atoms with E-state index in [-0.39, 0.29) is 12.7 Å². The van der Waals surface area contributed by atoms with Crippen molar-refractivity contribution >= 4 is 0 Å². The molecular formula is C7H18O2. The van der Waals surface area contributed by atoms with Gasteiger partial charge in [0.15, 0.2) is 0 Å². The van der Waals surface area contributed by atoms with Crippen molar-refractivity contribution in [1.29, 1.82) is 0 Å². The molecule has 1 unspecified atom stereocenters. The molecule has 2 heteroatoms. The Morgan fingerprint density at radius 2 is 1.33 bits per heavy atom. The van der Waals surface area contributed by atoms with Crippen LogP contribution < -0.4 is 0 Å². The summed E-state index contributed by atoms with van der Waals surface area (Å²) in [6.07, 6.45) is -0.148. The minimum atomic E-state index is -0.148. The van der Waals surface area contributed by atoms with E-state index in [2.05, 4.69) is 0 Å². The van der Waals surface area contributed by atoms with E-state index in [1.54, 1.807) is 13.8 Å². The minimum Gasteiger partial charge on any atom is -0.397 e. The van der Waals surface area contributed by atoms with Crippen LogP contribution >= 0.6 is 0 Å². The zero-order valence-corrected chi connectivity index (χ0v) is 6.76. The van der Waals surface area contributed by atoms with Crippen LogP contribution in [0.25, 0.3) is 0 Å². The highest BCUT2D eigenvalue weighted by Crippen LogP contribution is 1.96. The van der Waals surface area contributed by atoms with Crippen LogP contribution in [0, 0.1) is 5.92 Å². The molecule has 0 aromatic rings. The van der Waals surface area contributed by atoms with Gasteiger partial charge in [0, 0.05) is 6.61 Å². The van der Waals surface area contributed by atoms with Crippen molar-refractivity contribution < 1.29 is 10.2 Å². The van der Waals surface area contributed by atoms with E-state index in [0.29, 0.717) is 5.92 Å². The van der Waals surface area contributed by atoms with Gasteiger partial charge in [-0.25, -0.2) is 0 Å². The summed E-state index contributed by atoms with van der Waals surface area (Å²) in [6.45, 7) is 7.71. The summed E-state index contributed by atoms with van der Waals surface area (Å²) in [5.74, 6) is 0.407. The van der Waals surface area contributed by atoms with Crippen LogP contribution in [0.5, 0.6) is 0 Å². The van der Waals surface area contributed by atoms with Gasteiger partial charge >= 0.3 is 0 Å². The molecule has 0 aromatic heterocycles. The number of hydrogen-bond acceptors (Lipinski definition) is 2. The van der Waals surface area contributed by atoms with Gasteiger partial charge in [-0.05, 0) is 19.8 Å². The van der Waals surface area contributed by atoms with Crippen molar-refractivity contribution in [2.24, 2.45) is 5.92 Å². The second-order valence-electron chi connectivity index (χ2n) is 2.30. The third-order valence-electron chi connectivity index (χ3n) is 0.965. The van der Waals surface area contributed by atoms with Gasteiger partial charge in [-0.15, -0.1) is 0 Å². The summed E-state index contributed by atoms with van der Waals surface area (Å²) in [5, 5.41) is 16.2. The molecule has 0 amide bonds. The molecule has 0 saturated heterocycles. The number of hydrogen-bond donors (Lipinski definition) is 2. The van der Waals surface area contributed by atoms with E-state index in [1.165, 1.54) is 0 Å². The monoisotopic (exact) mass is 134 g/mol. The highest BCUT2D eigenvalue weighted by molar-refractivity contribution is 4.48. The molecule has 0 aromatic carbocycles. The molecule has 2 N–H and O–H groups in total. The Balaban J connectivity index is 0. The fourth-order valence-electron chi connectivity index (χ4n) is 0. The van der Waals surface area contributed by atoms with Gasteiger partial charge in [0.25, 0.3) is 0 Å². The first-order chi connectivity index (χ1) is 4.06. The maximum Gasteiger partial charge on any atom is 0.0535 e. The Kier molecular flexibility index (Phi) is 10.3. The van der Waals surface area contributed by atoms with Crippen molar-refractivity contribution in [2.75, 3.05) is 6.61 Å². The molecule has 0 heterocycles. The van der Waals surface area contributed by atoms with Gasteiger partial charge in [-0.3, -0.25) is 0 Å². The quantitative estimate of drug-likeness (QED) is 0.562. The van der Waals surface area contributed by atoms with Crippen LogP contribution in [0.3, 0.4) is 0 Å². The first kappa shape index (κ1) is 11.7. The third kappa shape index (κ3) is 18.1. The van der Waals surface area contributed by atoms with E-state index in [4.69, 9.17) is 10.2 Å². The SMILES string of the molecule is CC(C)C(C)O.CCO. The summed E-state index contributed by atoms with van der Waals surface area (Å²) in [7, 11) is 0. The topological polar surface area (TPSA) is 40.5 Å². The van der Waals surface area contributed by atoms with Gasteiger partial charge in [0.05, 0.1) is 6.10 Å². The molecule has 58 valence electrons. The fraction of sp³-hybridized carbons (Fsp3) is 1.00. The summed E-state index contributed by atoms with van der Waals surface area (Å²) in [6, 6.07) is 0. The van der Waals surface area contributed by atoms with E-state index in [9.17, 15) is 0 Å². The number of rotatable bonds is 1. The van der Waals surface area contributed by atoms with E-state index < -0.39 is 0 Å². The first-order valence-corrected chi connectivity index (χ1v) is 3.35.